The summed E-state index contributed by atoms with van der Waals surface area (Å²) in [6.45, 7) is 0. The van der Waals surface area contributed by atoms with E-state index in [1.807, 2.05) is 18.2 Å². The van der Waals surface area contributed by atoms with Crippen LogP contribution in [0.4, 0.5) is 0 Å². The molecule has 3 nitrogen and oxygen atoms in total. The molecule has 0 aliphatic rings. The fourth-order valence-corrected chi connectivity index (χ4v) is 3.85. The Hall–Kier alpha value is -1.58. The topological polar surface area (TPSA) is 56.6 Å². The van der Waals surface area contributed by atoms with Gasteiger partial charge in [-0.2, -0.15) is 5.26 Å². The molecule has 0 bridgehead atoms. The molecule has 0 fully saturated rings. The van der Waals surface area contributed by atoms with E-state index in [4.69, 9.17) is 23.2 Å². The maximum Gasteiger partial charge on any atom is 0.267 e. The van der Waals surface area contributed by atoms with E-state index in [1.54, 1.807) is 24.3 Å². The van der Waals surface area contributed by atoms with E-state index in [2.05, 4.69) is 20.9 Å². The van der Waals surface area contributed by atoms with Crippen LogP contribution in [0.1, 0.15) is 5.56 Å². The Morgan fingerprint density at radius 2 is 1.91 bits per heavy atom. The van der Waals surface area contributed by atoms with Crippen molar-refractivity contribution >= 4 is 50.5 Å². The molecule has 0 saturated carbocycles. The lowest BCUT2D eigenvalue weighted by Crippen LogP contribution is -2.12. The van der Waals surface area contributed by atoms with E-state index in [-0.39, 0.29) is 5.56 Å². The van der Waals surface area contributed by atoms with Crippen LogP contribution < -0.4 is 5.56 Å². The van der Waals surface area contributed by atoms with Gasteiger partial charge in [-0.3, -0.25) is 4.79 Å². The van der Waals surface area contributed by atoms with Gasteiger partial charge in [0.1, 0.15) is 11.6 Å². The molecule has 2 heterocycles. The molecule has 0 unspecified atom stereocenters. The van der Waals surface area contributed by atoms with Crippen LogP contribution in [0.5, 0.6) is 0 Å². The highest BCUT2D eigenvalue weighted by Crippen LogP contribution is 2.34. The predicted molar refractivity (Wildman–Crippen MR) is 98.2 cm³/mol. The van der Waals surface area contributed by atoms with Gasteiger partial charge in [0.15, 0.2) is 0 Å². The molecule has 114 valence electrons. The van der Waals surface area contributed by atoms with Crippen molar-refractivity contribution in [2.45, 2.75) is 0 Å². The fraction of sp³-hybridized carbons (Fsp3) is 0. The van der Waals surface area contributed by atoms with E-state index in [1.165, 1.54) is 11.3 Å². The van der Waals surface area contributed by atoms with Crippen molar-refractivity contribution in [2.24, 2.45) is 0 Å². The Morgan fingerprint density at radius 1 is 1.13 bits per heavy atom. The zero-order chi connectivity index (χ0) is 16.6. The SMILES string of the molecule is N#Cc1c(-c2ccc(Br)s2)cc(-c2ccc(Cl)c(Cl)c2)[nH]c1=O. The van der Waals surface area contributed by atoms with Gasteiger partial charge in [0.25, 0.3) is 5.56 Å². The average Bonchev–Trinajstić information content (AvgIpc) is 2.95. The lowest BCUT2D eigenvalue weighted by Gasteiger charge is -2.07. The summed E-state index contributed by atoms with van der Waals surface area (Å²) >= 11 is 16.8. The van der Waals surface area contributed by atoms with Crippen LogP contribution in [0.25, 0.3) is 21.7 Å². The third-order valence-corrected chi connectivity index (χ3v) is 5.61. The molecule has 0 aliphatic heterocycles. The van der Waals surface area contributed by atoms with Crippen molar-refractivity contribution in [1.82, 2.24) is 4.98 Å². The zero-order valence-corrected chi connectivity index (χ0v) is 15.3. The molecule has 2 aromatic heterocycles. The van der Waals surface area contributed by atoms with Gasteiger partial charge in [0, 0.05) is 16.1 Å². The molecule has 1 N–H and O–H groups in total. The maximum absolute atomic E-state index is 12.3. The number of halogens is 3. The Kier molecular flexibility index (Phi) is 4.60. The molecule has 1 aromatic carbocycles. The first-order valence-electron chi connectivity index (χ1n) is 6.38. The number of rotatable bonds is 2. The summed E-state index contributed by atoms with van der Waals surface area (Å²) < 4.78 is 0.924. The van der Waals surface area contributed by atoms with Crippen molar-refractivity contribution < 1.29 is 0 Å². The monoisotopic (exact) mass is 424 g/mol. The van der Waals surface area contributed by atoms with E-state index in [0.29, 0.717) is 21.3 Å². The van der Waals surface area contributed by atoms with Gasteiger partial charge >= 0.3 is 0 Å². The quantitative estimate of drug-likeness (QED) is 0.571. The smallest absolute Gasteiger partial charge is 0.267 e. The summed E-state index contributed by atoms with van der Waals surface area (Å²) in [4.78, 5) is 15.8. The second-order valence-corrected chi connectivity index (χ2v) is 7.92. The minimum Gasteiger partial charge on any atom is -0.321 e. The molecule has 0 amide bonds. The number of nitrogens with one attached hydrogen (secondary N) is 1. The van der Waals surface area contributed by atoms with E-state index in [9.17, 15) is 10.1 Å². The van der Waals surface area contributed by atoms with Crippen LogP contribution in [0.3, 0.4) is 0 Å². The summed E-state index contributed by atoms with van der Waals surface area (Å²) in [6, 6.07) is 12.6. The van der Waals surface area contributed by atoms with Gasteiger partial charge in [-0.25, -0.2) is 0 Å². The summed E-state index contributed by atoms with van der Waals surface area (Å²) in [5.74, 6) is 0. The number of aromatic nitrogens is 1. The van der Waals surface area contributed by atoms with Gasteiger partial charge in [-0.05, 0) is 51.8 Å². The first-order chi connectivity index (χ1) is 11.0. The van der Waals surface area contributed by atoms with Crippen LogP contribution in [-0.4, -0.2) is 4.98 Å². The first-order valence-corrected chi connectivity index (χ1v) is 8.74. The second kappa shape index (κ2) is 6.50. The molecular weight excluding hydrogens is 419 g/mol. The Labute approximate surface area is 154 Å². The van der Waals surface area contributed by atoms with Crippen LogP contribution in [0.15, 0.2) is 45.0 Å². The number of nitrogens with zero attached hydrogens (tertiary/aromatic N) is 1. The number of benzene rings is 1. The molecule has 0 atom stereocenters. The Bertz CT molecular complexity index is 1000. The number of H-pyrrole nitrogens is 1. The molecule has 3 rings (SSSR count). The molecule has 7 heteroatoms. The Balaban J connectivity index is 2.24. The third kappa shape index (κ3) is 3.22. The van der Waals surface area contributed by atoms with Crippen LogP contribution in [-0.2, 0) is 0 Å². The number of hydrogen-bond acceptors (Lipinski definition) is 3. The predicted octanol–water partition coefficient (Wildman–Crippen LogP) is 5.71. The van der Waals surface area contributed by atoms with Gasteiger partial charge in [-0.15, -0.1) is 11.3 Å². The Morgan fingerprint density at radius 3 is 2.52 bits per heavy atom. The largest absolute Gasteiger partial charge is 0.321 e. The average molecular weight is 426 g/mol. The third-order valence-electron chi connectivity index (χ3n) is 3.21. The highest BCUT2D eigenvalue weighted by molar-refractivity contribution is 9.11. The standard InChI is InChI=1S/C16H7BrCl2N2OS/c17-15-4-3-14(23-15)9-6-13(21-16(22)10(9)7-20)8-1-2-11(18)12(19)5-8/h1-6H,(H,21,22). The zero-order valence-electron chi connectivity index (χ0n) is 11.4. The van der Waals surface area contributed by atoms with E-state index >= 15 is 0 Å². The number of aromatic amines is 1. The number of nitriles is 1. The minimum atomic E-state index is -0.435. The number of hydrogen-bond donors (Lipinski definition) is 1. The number of pyridine rings is 1. The summed E-state index contributed by atoms with van der Waals surface area (Å²) in [6.07, 6.45) is 0. The van der Waals surface area contributed by atoms with Gasteiger partial charge in [-0.1, -0.05) is 29.3 Å². The normalized spacial score (nSPS) is 10.5. The molecule has 0 radical (unpaired) electrons. The lowest BCUT2D eigenvalue weighted by molar-refractivity contribution is 1.22. The van der Waals surface area contributed by atoms with Crippen molar-refractivity contribution in [3.63, 3.8) is 0 Å². The van der Waals surface area contributed by atoms with Crippen LogP contribution in [0, 0.1) is 11.3 Å². The highest BCUT2D eigenvalue weighted by atomic mass is 79.9. The van der Waals surface area contributed by atoms with E-state index < -0.39 is 5.56 Å². The van der Waals surface area contributed by atoms with Gasteiger partial charge in [0.2, 0.25) is 0 Å². The van der Waals surface area contributed by atoms with Crippen molar-refractivity contribution in [3.8, 4) is 27.8 Å². The number of thiophene rings is 1. The van der Waals surface area contributed by atoms with E-state index in [0.717, 1.165) is 14.2 Å². The minimum absolute atomic E-state index is 0.0863. The molecule has 0 spiro atoms. The molecule has 23 heavy (non-hydrogen) atoms. The van der Waals surface area contributed by atoms with Crippen LogP contribution >= 0.6 is 50.5 Å². The van der Waals surface area contributed by atoms with Gasteiger partial charge in [0.05, 0.1) is 13.8 Å². The maximum atomic E-state index is 12.3. The summed E-state index contributed by atoms with van der Waals surface area (Å²) in [5.41, 5.74) is 1.54. The van der Waals surface area contributed by atoms with Gasteiger partial charge < -0.3 is 4.98 Å². The molecule has 0 saturated heterocycles. The molecule has 3 aromatic rings. The second-order valence-electron chi connectivity index (χ2n) is 4.65. The summed E-state index contributed by atoms with van der Waals surface area (Å²) in [5, 5.41) is 10.1. The molecule has 0 aliphatic carbocycles. The summed E-state index contributed by atoms with van der Waals surface area (Å²) in [7, 11) is 0. The molecular formula is C16H7BrCl2N2OS. The van der Waals surface area contributed by atoms with Crippen molar-refractivity contribution in [1.29, 1.82) is 5.26 Å². The fourth-order valence-electron chi connectivity index (χ4n) is 2.14. The highest BCUT2D eigenvalue weighted by Gasteiger charge is 2.14. The van der Waals surface area contributed by atoms with Crippen molar-refractivity contribution in [3.05, 3.63) is 66.1 Å². The lowest BCUT2D eigenvalue weighted by atomic mass is 10.0. The van der Waals surface area contributed by atoms with Crippen LogP contribution in [0.2, 0.25) is 10.0 Å². The first kappa shape index (κ1) is 16.3. The van der Waals surface area contributed by atoms with Crippen molar-refractivity contribution in [2.75, 3.05) is 0 Å².